The first-order valence-corrected chi connectivity index (χ1v) is 7.14. The number of nitrogens with one attached hydrogen (secondary N) is 1. The first-order chi connectivity index (χ1) is 8.43. The Labute approximate surface area is 110 Å². The second kappa shape index (κ2) is 5.08. The standard InChI is InChI=1S/C14H26N2O2/c1-13(2,3)18-12(17)16-10-6-8-14(16)7-4-5-9-15-11-14/h15H,4-11H2,1-3H3/t14-/m1/s1. The molecule has 1 atom stereocenters. The molecule has 0 aromatic rings. The van der Waals surface area contributed by atoms with Gasteiger partial charge in [0.15, 0.2) is 0 Å². The van der Waals surface area contributed by atoms with Crippen LogP contribution in [0, 0.1) is 0 Å². The lowest BCUT2D eigenvalue weighted by atomic mass is 9.91. The molecule has 2 heterocycles. The number of rotatable bonds is 0. The predicted molar refractivity (Wildman–Crippen MR) is 71.6 cm³/mol. The average molecular weight is 254 g/mol. The molecule has 104 valence electrons. The van der Waals surface area contributed by atoms with E-state index in [1.54, 1.807) is 0 Å². The first kappa shape index (κ1) is 13.7. The first-order valence-electron chi connectivity index (χ1n) is 7.14. The number of carbonyl (C=O) groups is 1. The van der Waals surface area contributed by atoms with E-state index >= 15 is 0 Å². The van der Waals surface area contributed by atoms with Gasteiger partial charge in [0, 0.05) is 13.1 Å². The minimum Gasteiger partial charge on any atom is -0.444 e. The second-order valence-electron chi connectivity index (χ2n) is 6.59. The van der Waals surface area contributed by atoms with Gasteiger partial charge in [-0.05, 0) is 59.4 Å². The van der Waals surface area contributed by atoms with Gasteiger partial charge < -0.3 is 15.0 Å². The van der Waals surface area contributed by atoms with Crippen molar-refractivity contribution in [3.63, 3.8) is 0 Å². The smallest absolute Gasteiger partial charge is 0.410 e. The van der Waals surface area contributed by atoms with Crippen molar-refractivity contribution in [1.29, 1.82) is 0 Å². The number of likely N-dealkylation sites (tertiary alicyclic amines) is 1. The van der Waals surface area contributed by atoms with Gasteiger partial charge >= 0.3 is 6.09 Å². The van der Waals surface area contributed by atoms with Crippen molar-refractivity contribution >= 4 is 6.09 Å². The minimum atomic E-state index is -0.404. The van der Waals surface area contributed by atoms with E-state index < -0.39 is 5.60 Å². The number of hydrogen-bond donors (Lipinski definition) is 1. The van der Waals surface area contributed by atoms with Gasteiger partial charge in [-0.3, -0.25) is 0 Å². The second-order valence-corrected chi connectivity index (χ2v) is 6.59. The molecule has 2 rings (SSSR count). The summed E-state index contributed by atoms with van der Waals surface area (Å²) in [7, 11) is 0. The molecular weight excluding hydrogens is 228 g/mol. The van der Waals surface area contributed by atoms with Gasteiger partial charge in [0.2, 0.25) is 0 Å². The number of nitrogens with zero attached hydrogens (tertiary/aromatic N) is 1. The molecule has 4 heteroatoms. The maximum atomic E-state index is 12.3. The van der Waals surface area contributed by atoms with Gasteiger partial charge in [0.25, 0.3) is 0 Å². The fourth-order valence-electron chi connectivity index (χ4n) is 3.10. The molecule has 1 amide bonds. The highest BCUT2D eigenvalue weighted by Gasteiger charge is 2.44. The molecule has 0 saturated carbocycles. The lowest BCUT2D eigenvalue weighted by Crippen LogP contribution is -2.53. The number of amides is 1. The van der Waals surface area contributed by atoms with Crippen molar-refractivity contribution < 1.29 is 9.53 Å². The van der Waals surface area contributed by atoms with Crippen molar-refractivity contribution in [3.8, 4) is 0 Å². The Hall–Kier alpha value is -0.770. The molecule has 1 spiro atoms. The van der Waals surface area contributed by atoms with Crippen molar-refractivity contribution in [1.82, 2.24) is 10.2 Å². The summed E-state index contributed by atoms with van der Waals surface area (Å²) in [6, 6.07) is 0. The van der Waals surface area contributed by atoms with Crippen LogP contribution in [-0.2, 0) is 4.74 Å². The van der Waals surface area contributed by atoms with Gasteiger partial charge in [-0.2, -0.15) is 0 Å². The van der Waals surface area contributed by atoms with Crippen LogP contribution in [0.1, 0.15) is 52.9 Å². The molecule has 2 saturated heterocycles. The fraction of sp³-hybridized carbons (Fsp3) is 0.929. The Balaban J connectivity index is 2.08. The fourth-order valence-corrected chi connectivity index (χ4v) is 3.10. The van der Waals surface area contributed by atoms with E-state index in [1.165, 1.54) is 12.8 Å². The third-order valence-electron chi connectivity index (χ3n) is 3.91. The molecule has 2 aliphatic rings. The molecule has 2 fully saturated rings. The van der Waals surface area contributed by atoms with Gasteiger partial charge in [0.05, 0.1) is 5.54 Å². The van der Waals surface area contributed by atoms with Gasteiger partial charge in [-0.1, -0.05) is 0 Å². The molecule has 2 aliphatic heterocycles. The maximum Gasteiger partial charge on any atom is 0.410 e. The third-order valence-corrected chi connectivity index (χ3v) is 3.91. The summed E-state index contributed by atoms with van der Waals surface area (Å²) < 4.78 is 5.55. The summed E-state index contributed by atoms with van der Waals surface area (Å²) in [5, 5.41) is 3.48. The van der Waals surface area contributed by atoms with Crippen LogP contribution in [0.2, 0.25) is 0 Å². The summed E-state index contributed by atoms with van der Waals surface area (Å²) in [4.78, 5) is 14.3. The van der Waals surface area contributed by atoms with Crippen LogP contribution in [0.15, 0.2) is 0 Å². The summed E-state index contributed by atoms with van der Waals surface area (Å²) in [6.45, 7) is 8.63. The van der Waals surface area contributed by atoms with Crippen molar-refractivity contribution in [2.45, 2.75) is 64.0 Å². The molecule has 0 unspecified atom stereocenters. The Morgan fingerprint density at radius 3 is 2.67 bits per heavy atom. The Morgan fingerprint density at radius 2 is 1.94 bits per heavy atom. The van der Waals surface area contributed by atoms with Crippen LogP contribution < -0.4 is 5.32 Å². The normalized spacial score (nSPS) is 29.4. The van der Waals surface area contributed by atoms with Crippen LogP contribution in [-0.4, -0.2) is 41.8 Å². The molecule has 1 N–H and O–H groups in total. The summed E-state index contributed by atoms with van der Waals surface area (Å²) in [5.74, 6) is 0. The Bertz CT molecular complexity index is 301. The van der Waals surface area contributed by atoms with Gasteiger partial charge in [-0.25, -0.2) is 4.79 Å². The molecule has 18 heavy (non-hydrogen) atoms. The molecule has 4 nitrogen and oxygen atoms in total. The molecule has 0 radical (unpaired) electrons. The Kier molecular flexibility index (Phi) is 3.85. The number of carbonyl (C=O) groups excluding carboxylic acids is 1. The summed E-state index contributed by atoms with van der Waals surface area (Å²) in [6.07, 6.45) is 5.60. The zero-order valence-corrected chi connectivity index (χ0v) is 11.9. The lowest BCUT2D eigenvalue weighted by molar-refractivity contribution is 0.00703. The predicted octanol–water partition coefficient (Wildman–Crippen LogP) is 2.53. The van der Waals surface area contributed by atoms with E-state index in [-0.39, 0.29) is 11.6 Å². The van der Waals surface area contributed by atoms with Gasteiger partial charge in [-0.15, -0.1) is 0 Å². The van der Waals surface area contributed by atoms with Crippen LogP contribution in [0.25, 0.3) is 0 Å². The van der Waals surface area contributed by atoms with E-state index in [0.29, 0.717) is 0 Å². The van der Waals surface area contributed by atoms with E-state index in [4.69, 9.17) is 4.74 Å². The maximum absolute atomic E-state index is 12.3. The summed E-state index contributed by atoms with van der Waals surface area (Å²) in [5.41, 5.74) is -0.391. The van der Waals surface area contributed by atoms with Crippen LogP contribution >= 0.6 is 0 Å². The highest BCUT2D eigenvalue weighted by Crippen LogP contribution is 2.35. The molecule has 0 aromatic carbocycles. The van der Waals surface area contributed by atoms with Gasteiger partial charge in [0.1, 0.15) is 5.60 Å². The molecule has 0 aliphatic carbocycles. The molecular formula is C14H26N2O2. The largest absolute Gasteiger partial charge is 0.444 e. The van der Waals surface area contributed by atoms with E-state index in [2.05, 4.69) is 5.32 Å². The zero-order chi connectivity index (χ0) is 13.2. The highest BCUT2D eigenvalue weighted by molar-refractivity contribution is 5.69. The number of ether oxygens (including phenoxy) is 1. The van der Waals surface area contributed by atoms with Crippen LogP contribution in [0.5, 0.6) is 0 Å². The van der Waals surface area contributed by atoms with Crippen LogP contribution in [0.3, 0.4) is 0 Å². The quantitative estimate of drug-likeness (QED) is 0.722. The van der Waals surface area contributed by atoms with E-state index in [0.717, 1.165) is 38.9 Å². The van der Waals surface area contributed by atoms with Crippen molar-refractivity contribution in [2.75, 3.05) is 19.6 Å². The monoisotopic (exact) mass is 254 g/mol. The van der Waals surface area contributed by atoms with Crippen LogP contribution in [0.4, 0.5) is 4.79 Å². The Morgan fingerprint density at radius 1 is 1.22 bits per heavy atom. The topological polar surface area (TPSA) is 41.6 Å². The van der Waals surface area contributed by atoms with E-state index in [9.17, 15) is 4.79 Å². The highest BCUT2D eigenvalue weighted by atomic mass is 16.6. The van der Waals surface area contributed by atoms with Crippen molar-refractivity contribution in [2.24, 2.45) is 0 Å². The molecule has 0 bridgehead atoms. The third kappa shape index (κ3) is 2.97. The SMILES string of the molecule is CC(C)(C)OC(=O)N1CCC[C@@]12CCCCNC2. The summed E-state index contributed by atoms with van der Waals surface area (Å²) >= 11 is 0. The number of hydrogen-bond acceptors (Lipinski definition) is 3. The minimum absolute atomic E-state index is 0.0127. The van der Waals surface area contributed by atoms with E-state index in [1.807, 2.05) is 25.7 Å². The van der Waals surface area contributed by atoms with Crippen molar-refractivity contribution in [3.05, 3.63) is 0 Å². The molecule has 0 aromatic heterocycles. The lowest BCUT2D eigenvalue weighted by Gasteiger charge is -2.38. The average Bonchev–Trinajstić information content (AvgIpc) is 2.49. The zero-order valence-electron chi connectivity index (χ0n) is 11.9.